The molecule has 0 aromatic heterocycles. The van der Waals surface area contributed by atoms with Gasteiger partial charge in [0.05, 0.1) is 7.74 Å². The largest absolute Gasteiger partial charge is 0.125 e. The zero-order valence-electron chi connectivity index (χ0n) is 3.91. The van der Waals surface area contributed by atoms with Gasteiger partial charge in [-0.15, -0.1) is 12.1 Å². The average Bonchev–Trinajstić information content (AvgIpc) is 1.38. The summed E-state index contributed by atoms with van der Waals surface area (Å²) in [4.78, 5) is 0. The van der Waals surface area contributed by atoms with Crippen molar-refractivity contribution in [1.29, 1.82) is 0 Å². The van der Waals surface area contributed by atoms with Crippen molar-refractivity contribution in [3.05, 3.63) is 12.1 Å². The van der Waals surface area contributed by atoms with Crippen LogP contribution in [0.5, 0.6) is 0 Å². The number of allylic oxidation sites excluding steroid dienone is 1. The van der Waals surface area contributed by atoms with Crippen LogP contribution in [-0.2, 0) is 0 Å². The Balaban J connectivity index is 2.85. The van der Waals surface area contributed by atoms with Gasteiger partial charge >= 0.3 is 0 Å². The number of hydrogen-bond acceptors (Lipinski definition) is 0. The molecule has 0 bridgehead atoms. The normalized spacial score (nSPS) is 6.60. The van der Waals surface area contributed by atoms with E-state index in [9.17, 15) is 0 Å². The van der Waals surface area contributed by atoms with Gasteiger partial charge in [-0.05, 0) is 0 Å². The van der Waals surface area contributed by atoms with Crippen LogP contribution in [0.25, 0.3) is 0 Å². The van der Waals surface area contributed by atoms with Crippen molar-refractivity contribution in [2.24, 2.45) is 0 Å². The highest BCUT2D eigenvalue weighted by Gasteiger charge is 1.72. The third-order valence-corrected chi connectivity index (χ3v) is 0.604. The molecule has 0 aromatic carbocycles. The Bertz CT molecular complexity index is 40.2. The summed E-state index contributed by atoms with van der Waals surface area (Å²) in [7, 11) is 3.21. The Hall–Kier alpha value is -0.130. The lowest BCUT2D eigenvalue weighted by molar-refractivity contribution is 1.71. The first-order valence-electron chi connectivity index (χ1n) is 1.91. The fourth-order valence-corrected chi connectivity index (χ4v) is 0. The summed E-state index contributed by atoms with van der Waals surface area (Å²) in [5.74, 6) is 0. The first kappa shape index (κ1) is 4.87. The summed E-state index contributed by atoms with van der Waals surface area (Å²) >= 11 is 0. The standard InChI is InChI=1S/C3H8B2/c1-3(2)5-4/h5H,1,4H2,2H3. The van der Waals surface area contributed by atoms with E-state index in [0.29, 0.717) is 0 Å². The minimum atomic E-state index is 1.11. The summed E-state index contributed by atoms with van der Waals surface area (Å²) in [6, 6.07) is 0. The first-order chi connectivity index (χ1) is 2.27. The van der Waals surface area contributed by atoms with E-state index in [1.165, 1.54) is 5.47 Å². The van der Waals surface area contributed by atoms with E-state index in [-0.39, 0.29) is 0 Å². The SMILES string of the molecule is BBC(=C)C. The van der Waals surface area contributed by atoms with Gasteiger partial charge in [0.1, 0.15) is 7.17 Å². The molecule has 0 unspecified atom stereocenters. The Labute approximate surface area is 34.9 Å². The van der Waals surface area contributed by atoms with Crippen molar-refractivity contribution >= 4 is 14.9 Å². The molecule has 0 N–H and O–H groups in total. The fourth-order valence-electron chi connectivity index (χ4n) is 0. The molecular formula is C3H8B2. The molecule has 0 rings (SSSR count). The minimum Gasteiger partial charge on any atom is -0.125 e. The third kappa shape index (κ3) is 3.87. The molecule has 0 heterocycles. The molecule has 0 saturated carbocycles. The summed E-state index contributed by atoms with van der Waals surface area (Å²) in [6.07, 6.45) is 0. The molecule has 0 aliphatic carbocycles. The lowest BCUT2D eigenvalue weighted by atomic mass is 9.51. The van der Waals surface area contributed by atoms with Crippen molar-refractivity contribution in [3.63, 3.8) is 0 Å². The Morgan fingerprint density at radius 2 is 2.20 bits per heavy atom. The average molecular weight is 65.7 g/mol. The predicted octanol–water partition coefficient (Wildman–Crippen LogP) is -0.495. The molecule has 0 amide bonds. The van der Waals surface area contributed by atoms with E-state index in [0.717, 1.165) is 7.17 Å². The van der Waals surface area contributed by atoms with Crippen LogP contribution in [0.1, 0.15) is 6.92 Å². The van der Waals surface area contributed by atoms with Crippen LogP contribution in [0.4, 0.5) is 0 Å². The van der Waals surface area contributed by atoms with Gasteiger partial charge in [-0.2, -0.15) is 0 Å². The summed E-state index contributed by atoms with van der Waals surface area (Å²) in [6.45, 7) is 5.70. The molecule has 0 atom stereocenters. The highest BCUT2D eigenvalue weighted by molar-refractivity contribution is 6.93. The van der Waals surface area contributed by atoms with E-state index in [1.807, 2.05) is 6.92 Å². The highest BCUT2D eigenvalue weighted by Crippen LogP contribution is 1.72. The van der Waals surface area contributed by atoms with Crippen LogP contribution in [0.3, 0.4) is 0 Å². The van der Waals surface area contributed by atoms with Gasteiger partial charge in [0.2, 0.25) is 0 Å². The predicted molar refractivity (Wildman–Crippen MR) is 30.5 cm³/mol. The second-order valence-corrected chi connectivity index (χ2v) is 1.31. The zero-order chi connectivity index (χ0) is 4.28. The van der Waals surface area contributed by atoms with Crippen molar-refractivity contribution < 1.29 is 0 Å². The van der Waals surface area contributed by atoms with Gasteiger partial charge < -0.3 is 0 Å². The summed E-state index contributed by atoms with van der Waals surface area (Å²) < 4.78 is 0. The topological polar surface area (TPSA) is 0 Å². The molecular weight excluding hydrogens is 57.7 g/mol. The molecule has 0 aliphatic heterocycles. The Kier molecular flexibility index (Phi) is 2.07. The van der Waals surface area contributed by atoms with E-state index >= 15 is 0 Å². The fraction of sp³-hybridized carbons (Fsp3) is 0.333. The smallest absolute Gasteiger partial charge is 0.112 e. The lowest BCUT2D eigenvalue weighted by Gasteiger charge is -1.76. The van der Waals surface area contributed by atoms with Crippen LogP contribution in [0, 0.1) is 0 Å². The number of hydrogen-bond donors (Lipinski definition) is 0. The second kappa shape index (κ2) is 2.13. The monoisotopic (exact) mass is 66.1 g/mol. The Morgan fingerprint density at radius 3 is 2.20 bits per heavy atom. The molecule has 0 aliphatic rings. The second-order valence-electron chi connectivity index (χ2n) is 1.31. The van der Waals surface area contributed by atoms with Crippen molar-refractivity contribution in [2.75, 3.05) is 0 Å². The maximum Gasteiger partial charge on any atom is 0.112 e. The molecule has 2 heteroatoms. The van der Waals surface area contributed by atoms with Gasteiger partial charge in [-0.1, -0.05) is 6.92 Å². The van der Waals surface area contributed by atoms with Gasteiger partial charge in [0, 0.05) is 0 Å². The van der Waals surface area contributed by atoms with Gasteiger partial charge in [-0.25, -0.2) is 0 Å². The van der Waals surface area contributed by atoms with Gasteiger partial charge in [0.25, 0.3) is 0 Å². The summed E-state index contributed by atoms with van der Waals surface area (Å²) in [5, 5.41) is 0. The van der Waals surface area contributed by atoms with Crippen LogP contribution >= 0.6 is 0 Å². The maximum atomic E-state index is 3.67. The summed E-state index contributed by atoms with van der Waals surface area (Å²) in [5.41, 5.74) is 1.25. The van der Waals surface area contributed by atoms with Crippen molar-refractivity contribution in [1.82, 2.24) is 0 Å². The van der Waals surface area contributed by atoms with Gasteiger partial charge in [0.15, 0.2) is 0 Å². The molecule has 26 valence electrons. The van der Waals surface area contributed by atoms with E-state index in [4.69, 9.17) is 0 Å². The molecule has 0 fully saturated rings. The maximum absolute atomic E-state index is 3.67. The molecule has 0 aromatic rings. The van der Waals surface area contributed by atoms with Crippen LogP contribution in [0.2, 0.25) is 0 Å². The number of rotatable bonds is 1. The van der Waals surface area contributed by atoms with Gasteiger partial charge in [-0.3, -0.25) is 0 Å². The first-order valence-corrected chi connectivity index (χ1v) is 1.91. The lowest BCUT2D eigenvalue weighted by Crippen LogP contribution is -1.85. The third-order valence-electron chi connectivity index (χ3n) is 0.604. The zero-order valence-corrected chi connectivity index (χ0v) is 3.91. The molecule has 0 radical (unpaired) electrons. The van der Waals surface area contributed by atoms with E-state index in [2.05, 4.69) is 14.3 Å². The van der Waals surface area contributed by atoms with Crippen LogP contribution < -0.4 is 0 Å². The van der Waals surface area contributed by atoms with E-state index < -0.39 is 0 Å². The van der Waals surface area contributed by atoms with Crippen molar-refractivity contribution in [2.45, 2.75) is 6.92 Å². The highest BCUT2D eigenvalue weighted by atomic mass is 13.5. The van der Waals surface area contributed by atoms with E-state index in [1.54, 1.807) is 0 Å². The molecule has 0 nitrogen and oxygen atoms in total. The molecule has 0 spiro atoms. The van der Waals surface area contributed by atoms with Crippen molar-refractivity contribution in [3.8, 4) is 0 Å². The quantitative estimate of drug-likeness (QED) is 0.362. The Morgan fingerprint density at radius 1 is 2.00 bits per heavy atom. The molecule has 5 heavy (non-hydrogen) atoms. The van der Waals surface area contributed by atoms with Crippen LogP contribution in [-0.4, -0.2) is 14.9 Å². The minimum absolute atomic E-state index is 1.11. The molecule has 0 saturated heterocycles. The van der Waals surface area contributed by atoms with Crippen LogP contribution in [0.15, 0.2) is 12.1 Å².